The number of hydrogen-bond donors (Lipinski definition) is 2. The number of carbonyl (C=O) groups excluding carboxylic acids is 2. The van der Waals surface area contributed by atoms with Crippen molar-refractivity contribution >= 4 is 11.8 Å². The fourth-order valence-corrected chi connectivity index (χ4v) is 1.36. The molecule has 110 valence electrons. The first-order chi connectivity index (χ1) is 9.54. The van der Waals surface area contributed by atoms with Gasteiger partial charge in [-0.05, 0) is 12.1 Å². The van der Waals surface area contributed by atoms with Gasteiger partial charge in [0.2, 0.25) is 11.8 Å². The summed E-state index contributed by atoms with van der Waals surface area (Å²) in [7, 11) is 1.57. The normalized spacial score (nSPS) is 9.95. The van der Waals surface area contributed by atoms with Gasteiger partial charge in [0.25, 0.3) is 0 Å². The third kappa shape index (κ3) is 5.23. The molecule has 20 heavy (non-hydrogen) atoms. The van der Waals surface area contributed by atoms with Gasteiger partial charge in [-0.3, -0.25) is 9.59 Å². The molecule has 0 aliphatic carbocycles. The predicted octanol–water partition coefficient (Wildman–Crippen LogP) is -0.262. The molecular formula is C13H18FN3O3. The van der Waals surface area contributed by atoms with Crippen LogP contribution in [0.25, 0.3) is 0 Å². The topological polar surface area (TPSA) is 84.7 Å². The maximum atomic E-state index is 13.3. The molecule has 0 aliphatic heterocycles. The minimum absolute atomic E-state index is 0.119. The third-order valence-corrected chi connectivity index (χ3v) is 2.57. The van der Waals surface area contributed by atoms with Crippen LogP contribution in [-0.4, -0.2) is 50.0 Å². The van der Waals surface area contributed by atoms with Crippen LogP contribution in [-0.2, 0) is 9.59 Å². The van der Waals surface area contributed by atoms with Gasteiger partial charge in [-0.1, -0.05) is 12.1 Å². The zero-order valence-electron chi connectivity index (χ0n) is 11.3. The van der Waals surface area contributed by atoms with E-state index in [0.717, 1.165) is 0 Å². The molecule has 0 aliphatic rings. The Labute approximate surface area is 116 Å². The van der Waals surface area contributed by atoms with Crippen LogP contribution in [0.2, 0.25) is 0 Å². The molecule has 7 heteroatoms. The number of ether oxygens (including phenoxy) is 1. The molecular weight excluding hydrogens is 265 g/mol. The standard InChI is InChI=1S/C13H18FN3O3/c1-17(13(19)9-16-12(18)8-15)6-7-20-11-5-3-2-4-10(11)14/h2-5H,6-9,15H2,1H3,(H,16,18). The number of amides is 2. The van der Waals surface area contributed by atoms with Crippen LogP contribution in [0.3, 0.4) is 0 Å². The lowest BCUT2D eigenvalue weighted by atomic mass is 10.3. The van der Waals surface area contributed by atoms with Crippen molar-refractivity contribution in [1.29, 1.82) is 0 Å². The summed E-state index contributed by atoms with van der Waals surface area (Å²) in [5.74, 6) is -0.972. The van der Waals surface area contributed by atoms with Gasteiger partial charge in [0.1, 0.15) is 6.61 Å². The molecule has 1 aromatic rings. The zero-order chi connectivity index (χ0) is 15.0. The number of nitrogens with zero attached hydrogens (tertiary/aromatic N) is 1. The second-order valence-electron chi connectivity index (χ2n) is 4.08. The fraction of sp³-hybridized carbons (Fsp3) is 0.385. The maximum absolute atomic E-state index is 13.3. The third-order valence-electron chi connectivity index (χ3n) is 2.57. The molecule has 0 saturated heterocycles. The van der Waals surface area contributed by atoms with Gasteiger partial charge in [-0.15, -0.1) is 0 Å². The molecule has 6 nitrogen and oxygen atoms in total. The predicted molar refractivity (Wildman–Crippen MR) is 71.6 cm³/mol. The van der Waals surface area contributed by atoms with E-state index in [4.69, 9.17) is 10.5 Å². The summed E-state index contributed by atoms with van der Waals surface area (Å²) in [6, 6.07) is 6.04. The molecule has 0 radical (unpaired) electrons. The van der Waals surface area contributed by atoms with Crippen LogP contribution in [0, 0.1) is 5.82 Å². The molecule has 2 amide bonds. The number of likely N-dealkylation sites (N-methyl/N-ethyl adjacent to an activating group) is 1. The summed E-state index contributed by atoms with van der Waals surface area (Å²) in [5.41, 5.74) is 5.10. The summed E-state index contributed by atoms with van der Waals surface area (Å²) >= 11 is 0. The van der Waals surface area contributed by atoms with Crippen molar-refractivity contribution in [3.05, 3.63) is 30.1 Å². The minimum Gasteiger partial charge on any atom is -0.489 e. The first-order valence-corrected chi connectivity index (χ1v) is 6.12. The van der Waals surface area contributed by atoms with Crippen LogP contribution in [0.4, 0.5) is 4.39 Å². The van der Waals surface area contributed by atoms with Crippen LogP contribution in [0.1, 0.15) is 0 Å². The Kier molecular flexibility index (Phi) is 6.45. The minimum atomic E-state index is -0.448. The summed E-state index contributed by atoms with van der Waals surface area (Å²) in [5, 5.41) is 2.37. The number of nitrogens with one attached hydrogen (secondary N) is 1. The second-order valence-corrected chi connectivity index (χ2v) is 4.08. The van der Waals surface area contributed by atoms with Crippen LogP contribution >= 0.6 is 0 Å². The van der Waals surface area contributed by atoms with Gasteiger partial charge in [-0.25, -0.2) is 4.39 Å². The highest BCUT2D eigenvalue weighted by Gasteiger charge is 2.10. The van der Waals surface area contributed by atoms with Crippen molar-refractivity contribution < 1.29 is 18.7 Å². The van der Waals surface area contributed by atoms with Crippen molar-refractivity contribution in [2.45, 2.75) is 0 Å². The molecule has 0 spiro atoms. The first-order valence-electron chi connectivity index (χ1n) is 6.12. The van der Waals surface area contributed by atoms with Gasteiger partial charge in [0, 0.05) is 7.05 Å². The lowest BCUT2D eigenvalue weighted by Gasteiger charge is -2.17. The van der Waals surface area contributed by atoms with Gasteiger partial charge in [0.15, 0.2) is 11.6 Å². The Morgan fingerprint density at radius 1 is 1.40 bits per heavy atom. The average Bonchev–Trinajstić information content (AvgIpc) is 2.46. The molecule has 0 aromatic heterocycles. The smallest absolute Gasteiger partial charge is 0.241 e. The molecule has 1 aromatic carbocycles. The number of nitrogens with two attached hydrogens (primary N) is 1. The SMILES string of the molecule is CN(CCOc1ccccc1F)C(=O)CNC(=O)CN. The van der Waals surface area contributed by atoms with Crippen molar-refractivity contribution in [1.82, 2.24) is 10.2 Å². The van der Waals surface area contributed by atoms with Gasteiger partial charge in [0.05, 0.1) is 19.6 Å². The number of carbonyl (C=O) groups is 2. The lowest BCUT2D eigenvalue weighted by Crippen LogP contribution is -2.41. The highest BCUT2D eigenvalue weighted by molar-refractivity contribution is 5.85. The maximum Gasteiger partial charge on any atom is 0.241 e. The molecule has 3 N–H and O–H groups in total. The van der Waals surface area contributed by atoms with E-state index in [1.165, 1.54) is 17.0 Å². The number of halogens is 1. The zero-order valence-corrected chi connectivity index (χ0v) is 11.3. The van der Waals surface area contributed by atoms with Crippen LogP contribution < -0.4 is 15.8 Å². The molecule has 0 bridgehead atoms. The van der Waals surface area contributed by atoms with E-state index < -0.39 is 11.7 Å². The number of benzene rings is 1. The van der Waals surface area contributed by atoms with E-state index in [1.807, 2.05) is 0 Å². The highest BCUT2D eigenvalue weighted by Crippen LogP contribution is 2.14. The second kappa shape index (κ2) is 8.11. The van der Waals surface area contributed by atoms with E-state index >= 15 is 0 Å². The van der Waals surface area contributed by atoms with Crippen molar-refractivity contribution in [3.63, 3.8) is 0 Å². The average molecular weight is 283 g/mol. The highest BCUT2D eigenvalue weighted by atomic mass is 19.1. The van der Waals surface area contributed by atoms with E-state index in [2.05, 4.69) is 5.32 Å². The Bertz CT molecular complexity index is 468. The molecule has 0 atom stereocenters. The lowest BCUT2D eigenvalue weighted by molar-refractivity contribution is -0.131. The van der Waals surface area contributed by atoms with Crippen molar-refractivity contribution in [2.24, 2.45) is 5.73 Å². The summed E-state index contributed by atoms with van der Waals surface area (Å²) in [6.07, 6.45) is 0. The number of rotatable bonds is 7. The fourth-order valence-electron chi connectivity index (χ4n) is 1.36. The number of hydrogen-bond acceptors (Lipinski definition) is 4. The molecule has 1 rings (SSSR count). The molecule has 0 fully saturated rings. The van der Waals surface area contributed by atoms with E-state index in [0.29, 0.717) is 0 Å². The summed E-state index contributed by atoms with van der Waals surface area (Å²) in [6.45, 7) is 0.166. The number of para-hydroxylation sites is 1. The quantitative estimate of drug-likeness (QED) is 0.722. The van der Waals surface area contributed by atoms with Gasteiger partial charge >= 0.3 is 0 Å². The largest absolute Gasteiger partial charge is 0.489 e. The summed E-state index contributed by atoms with van der Waals surface area (Å²) in [4.78, 5) is 23.9. The van der Waals surface area contributed by atoms with Crippen LogP contribution in [0.15, 0.2) is 24.3 Å². The van der Waals surface area contributed by atoms with Crippen molar-refractivity contribution in [2.75, 3.05) is 33.3 Å². The summed E-state index contributed by atoms with van der Waals surface area (Å²) < 4.78 is 18.5. The molecule has 0 unspecified atom stereocenters. The van der Waals surface area contributed by atoms with Gasteiger partial charge < -0.3 is 20.7 Å². The Morgan fingerprint density at radius 2 is 2.10 bits per heavy atom. The van der Waals surface area contributed by atoms with Crippen LogP contribution in [0.5, 0.6) is 5.75 Å². The monoisotopic (exact) mass is 283 g/mol. The molecule has 0 heterocycles. The Morgan fingerprint density at radius 3 is 2.75 bits per heavy atom. The molecule has 0 saturated carbocycles. The Balaban J connectivity index is 2.29. The van der Waals surface area contributed by atoms with Crippen molar-refractivity contribution in [3.8, 4) is 5.75 Å². The van der Waals surface area contributed by atoms with E-state index in [1.54, 1.807) is 19.2 Å². The van der Waals surface area contributed by atoms with E-state index in [-0.39, 0.29) is 37.9 Å². The first kappa shape index (κ1) is 15.9. The van der Waals surface area contributed by atoms with E-state index in [9.17, 15) is 14.0 Å². The van der Waals surface area contributed by atoms with Gasteiger partial charge in [-0.2, -0.15) is 0 Å². The Hall–Kier alpha value is -2.15.